The monoisotopic (exact) mass is 612 g/mol. The maximum absolute atomic E-state index is 13.8. The minimum atomic E-state index is -0.964. The quantitative estimate of drug-likeness (QED) is 0.256. The van der Waals surface area contributed by atoms with Gasteiger partial charge in [0, 0.05) is 29.9 Å². The summed E-state index contributed by atoms with van der Waals surface area (Å²) in [7, 11) is 0. The fourth-order valence-electron chi connectivity index (χ4n) is 5.12. The van der Waals surface area contributed by atoms with E-state index in [0.29, 0.717) is 32.5 Å². The first-order chi connectivity index (χ1) is 19.6. The number of hydrogen-bond acceptors (Lipinski definition) is 5. The van der Waals surface area contributed by atoms with Crippen molar-refractivity contribution in [3.05, 3.63) is 82.9 Å². The van der Waals surface area contributed by atoms with Crippen LogP contribution >= 0.6 is 24.0 Å². The Bertz CT molecular complexity index is 1370. The van der Waals surface area contributed by atoms with E-state index >= 15 is 0 Å². The van der Waals surface area contributed by atoms with E-state index in [1.165, 1.54) is 4.90 Å². The topological polar surface area (TPSA) is 90.5 Å². The Hall–Kier alpha value is -2.97. The Morgan fingerprint density at radius 2 is 1.71 bits per heavy atom. The summed E-state index contributed by atoms with van der Waals surface area (Å²) < 4.78 is 0. The van der Waals surface area contributed by atoms with Crippen LogP contribution in [0.15, 0.2) is 66.7 Å². The van der Waals surface area contributed by atoms with Crippen molar-refractivity contribution in [2.45, 2.75) is 65.1 Å². The van der Waals surface area contributed by atoms with E-state index in [1.807, 2.05) is 66.7 Å². The predicted octanol–water partition coefficient (Wildman–Crippen LogP) is 5.28. The summed E-state index contributed by atoms with van der Waals surface area (Å²) in [6, 6.07) is 20.3. The van der Waals surface area contributed by atoms with Gasteiger partial charge in [-0.2, -0.15) is 0 Å². The lowest BCUT2D eigenvalue weighted by atomic mass is 9.91. The molecule has 0 unspecified atom stereocenters. The molecule has 1 heterocycles. The summed E-state index contributed by atoms with van der Waals surface area (Å²) >= 11 is 6.24. The van der Waals surface area contributed by atoms with Crippen LogP contribution < -0.4 is 16.0 Å². The van der Waals surface area contributed by atoms with Crippen molar-refractivity contribution in [1.82, 2.24) is 20.9 Å². The van der Waals surface area contributed by atoms with Crippen LogP contribution in [-0.2, 0) is 27.3 Å². The number of benzene rings is 3. The first kappa shape index (κ1) is 33.5. The molecule has 1 aliphatic heterocycles. The lowest BCUT2D eigenvalue weighted by Crippen LogP contribution is -2.59. The first-order valence-electron chi connectivity index (χ1n) is 14.5. The zero-order valence-electron chi connectivity index (χ0n) is 24.6. The molecule has 1 fully saturated rings. The molecule has 0 aliphatic carbocycles. The Morgan fingerprint density at radius 3 is 2.40 bits per heavy atom. The van der Waals surface area contributed by atoms with Crippen LogP contribution in [0.1, 0.15) is 51.2 Å². The summed E-state index contributed by atoms with van der Waals surface area (Å²) in [5.41, 5.74) is 1.08. The van der Waals surface area contributed by atoms with E-state index < -0.39 is 17.5 Å². The third kappa shape index (κ3) is 8.77. The van der Waals surface area contributed by atoms with Gasteiger partial charge < -0.3 is 16.0 Å². The molecule has 7 nitrogen and oxygen atoms in total. The highest BCUT2D eigenvalue weighted by atomic mass is 35.5. The van der Waals surface area contributed by atoms with E-state index in [0.717, 1.165) is 39.9 Å². The third-order valence-electron chi connectivity index (χ3n) is 7.42. The standard InChI is InChI=1S/C33H41ClN4O3.ClH/c1-33(2,3)32(41)38(31(40)28-14-8-18-36-28)29(21-23-15-16-24-10-4-5-11-25(24)20-23)30(39)37-19-9-17-35-22-26-12-6-7-13-27(26)34;/h4-7,10-13,15-16,20,28-29,35-36H,8-9,14,17-19,21-22H2,1-3H3,(H,37,39);1H/t28-,29+;/m0./s1. The van der Waals surface area contributed by atoms with Crippen LogP contribution in [0.4, 0.5) is 0 Å². The SMILES string of the molecule is CC(C)(C)C(=O)N(C(=O)[C@@H]1CCCN1)[C@H](Cc1ccc2ccccc2c1)C(=O)NCCCNCc1ccccc1Cl.Cl. The summed E-state index contributed by atoms with van der Waals surface area (Å²) in [4.78, 5) is 42.6. The van der Waals surface area contributed by atoms with Crippen molar-refractivity contribution in [2.24, 2.45) is 5.41 Å². The number of carbonyl (C=O) groups excluding carboxylic acids is 3. The third-order valence-corrected chi connectivity index (χ3v) is 7.79. The van der Waals surface area contributed by atoms with Crippen LogP contribution in [0.2, 0.25) is 5.02 Å². The van der Waals surface area contributed by atoms with Gasteiger partial charge in [0.25, 0.3) is 0 Å². The predicted molar refractivity (Wildman–Crippen MR) is 172 cm³/mol. The zero-order valence-corrected chi connectivity index (χ0v) is 26.2. The van der Waals surface area contributed by atoms with Crippen molar-refractivity contribution in [2.75, 3.05) is 19.6 Å². The normalized spacial score (nSPS) is 15.6. The van der Waals surface area contributed by atoms with Gasteiger partial charge in [-0.15, -0.1) is 12.4 Å². The van der Waals surface area contributed by atoms with E-state index in [2.05, 4.69) is 16.0 Å². The number of hydrogen-bond donors (Lipinski definition) is 3. The van der Waals surface area contributed by atoms with E-state index in [-0.39, 0.29) is 36.5 Å². The highest BCUT2D eigenvalue weighted by molar-refractivity contribution is 6.31. The second-order valence-corrected chi connectivity index (χ2v) is 12.1. The molecule has 0 bridgehead atoms. The zero-order chi connectivity index (χ0) is 29.4. The van der Waals surface area contributed by atoms with E-state index in [1.54, 1.807) is 20.8 Å². The fraction of sp³-hybridized carbons (Fsp3) is 0.424. The molecule has 1 saturated heterocycles. The van der Waals surface area contributed by atoms with Crippen molar-refractivity contribution in [3.8, 4) is 0 Å². The summed E-state index contributed by atoms with van der Waals surface area (Å²) in [5, 5.41) is 12.4. The van der Waals surface area contributed by atoms with Crippen LogP contribution in [0, 0.1) is 5.41 Å². The fourth-order valence-corrected chi connectivity index (χ4v) is 5.32. The molecule has 42 heavy (non-hydrogen) atoms. The van der Waals surface area contributed by atoms with Crippen molar-refractivity contribution < 1.29 is 14.4 Å². The number of halogens is 2. The molecule has 0 radical (unpaired) electrons. The number of carbonyl (C=O) groups is 3. The van der Waals surface area contributed by atoms with Gasteiger partial charge in [-0.3, -0.25) is 19.3 Å². The highest BCUT2D eigenvalue weighted by Crippen LogP contribution is 2.25. The van der Waals surface area contributed by atoms with Gasteiger partial charge >= 0.3 is 0 Å². The summed E-state index contributed by atoms with van der Waals surface area (Å²) in [6.07, 6.45) is 2.43. The van der Waals surface area contributed by atoms with Gasteiger partial charge in [0.2, 0.25) is 17.7 Å². The second-order valence-electron chi connectivity index (χ2n) is 11.7. The molecule has 9 heteroatoms. The van der Waals surface area contributed by atoms with E-state index in [9.17, 15) is 14.4 Å². The maximum Gasteiger partial charge on any atom is 0.247 e. The molecular formula is C33H42Cl2N4O3. The number of rotatable bonds is 11. The largest absolute Gasteiger partial charge is 0.354 e. The lowest BCUT2D eigenvalue weighted by molar-refractivity contribution is -0.157. The number of nitrogens with zero attached hydrogens (tertiary/aromatic N) is 1. The Kier molecular flexibility index (Phi) is 12.4. The molecule has 226 valence electrons. The minimum absolute atomic E-state index is 0. The number of imide groups is 1. The summed E-state index contributed by atoms with van der Waals surface area (Å²) in [5.74, 6) is -1.00. The maximum atomic E-state index is 13.8. The lowest BCUT2D eigenvalue weighted by Gasteiger charge is -2.35. The van der Waals surface area contributed by atoms with Crippen LogP contribution in [-0.4, -0.2) is 54.3 Å². The van der Waals surface area contributed by atoms with Gasteiger partial charge in [0.15, 0.2) is 0 Å². The Labute approximate surface area is 260 Å². The van der Waals surface area contributed by atoms with Crippen molar-refractivity contribution in [1.29, 1.82) is 0 Å². The highest BCUT2D eigenvalue weighted by Gasteiger charge is 2.42. The van der Waals surface area contributed by atoms with Crippen LogP contribution in [0.5, 0.6) is 0 Å². The molecule has 3 N–H and O–H groups in total. The van der Waals surface area contributed by atoms with Gasteiger partial charge in [-0.25, -0.2) is 0 Å². The Balaban J connectivity index is 0.00000484. The molecule has 0 saturated carbocycles. The molecule has 0 spiro atoms. The molecule has 3 amide bonds. The molecule has 3 aromatic carbocycles. The number of nitrogens with one attached hydrogen (secondary N) is 3. The second kappa shape index (κ2) is 15.5. The van der Waals surface area contributed by atoms with Crippen LogP contribution in [0.25, 0.3) is 10.8 Å². The van der Waals surface area contributed by atoms with Crippen molar-refractivity contribution in [3.63, 3.8) is 0 Å². The van der Waals surface area contributed by atoms with Crippen LogP contribution in [0.3, 0.4) is 0 Å². The molecular weight excluding hydrogens is 571 g/mol. The average molecular weight is 614 g/mol. The van der Waals surface area contributed by atoms with Crippen molar-refractivity contribution >= 4 is 52.5 Å². The Morgan fingerprint density at radius 1 is 1.00 bits per heavy atom. The smallest absolute Gasteiger partial charge is 0.247 e. The molecule has 4 rings (SSSR count). The number of fused-ring (bicyclic) bond motifs is 1. The first-order valence-corrected chi connectivity index (χ1v) is 14.8. The minimum Gasteiger partial charge on any atom is -0.354 e. The average Bonchev–Trinajstić information content (AvgIpc) is 3.50. The molecule has 0 aromatic heterocycles. The van der Waals surface area contributed by atoms with E-state index in [4.69, 9.17) is 11.6 Å². The van der Waals surface area contributed by atoms with Gasteiger partial charge in [-0.1, -0.05) is 93.0 Å². The van der Waals surface area contributed by atoms with Gasteiger partial charge in [0.05, 0.1) is 6.04 Å². The summed E-state index contributed by atoms with van der Waals surface area (Å²) in [6.45, 7) is 7.80. The molecule has 3 aromatic rings. The van der Waals surface area contributed by atoms with Gasteiger partial charge in [0.1, 0.15) is 6.04 Å². The number of amides is 3. The van der Waals surface area contributed by atoms with Gasteiger partial charge in [-0.05, 0) is 60.3 Å². The molecule has 2 atom stereocenters. The molecule has 1 aliphatic rings.